The first kappa shape index (κ1) is 48.6. The van der Waals surface area contributed by atoms with Gasteiger partial charge in [-0.2, -0.15) is 0 Å². The minimum Gasteiger partial charge on any atom is -0.456 e. The molecule has 0 amide bonds. The lowest BCUT2D eigenvalue weighted by Gasteiger charge is -2.50. The van der Waals surface area contributed by atoms with Crippen LogP contribution in [0.4, 0.5) is 0 Å². The fraction of sp³-hybridized carbons (Fsp3) is 0.491. The number of aliphatic hydroxyl groups excluding tert-OH is 1. The first-order valence-electron chi connectivity index (χ1n) is 23.0. The highest BCUT2D eigenvalue weighted by Gasteiger charge is 2.56. The molecule has 0 bridgehead atoms. The molecule has 0 radical (unpaired) electrons. The van der Waals surface area contributed by atoms with E-state index in [1.54, 1.807) is 20.8 Å². The van der Waals surface area contributed by atoms with Gasteiger partial charge in [0.1, 0.15) is 42.7 Å². The highest BCUT2D eigenvalue weighted by Crippen LogP contribution is 2.39. The van der Waals surface area contributed by atoms with Gasteiger partial charge in [-0.1, -0.05) is 140 Å². The molecule has 350 valence electrons. The van der Waals surface area contributed by atoms with E-state index in [1.807, 2.05) is 127 Å². The van der Waals surface area contributed by atoms with Gasteiger partial charge in [-0.25, -0.2) is 0 Å². The average Bonchev–Trinajstić information content (AvgIpc) is 3.32. The van der Waals surface area contributed by atoms with Gasteiger partial charge in [-0.15, -0.1) is 6.58 Å². The Morgan fingerprint density at radius 1 is 0.677 bits per heavy atom. The fourth-order valence-corrected chi connectivity index (χ4v) is 8.07. The third kappa shape index (κ3) is 13.9. The van der Waals surface area contributed by atoms with Crippen molar-refractivity contribution in [2.24, 2.45) is 5.41 Å². The molecule has 65 heavy (non-hydrogen) atoms. The summed E-state index contributed by atoms with van der Waals surface area (Å²) in [5.74, 6) is -0.514. The third-order valence-electron chi connectivity index (χ3n) is 11.7. The SMILES string of the molecule is C=CCCCCCCO[C@@H]1O[C@H](COCc2ccccc2)[C@@H](O[C@@H]2O[C@@H]3COC(c4ccccc4)O[C@@H]3[C@H](OC(=O)C(C)(C)C)[C@H]2O)[C@H](OCc2ccccc2)[C@H]1OCc1ccccc1. The third-order valence-corrected chi connectivity index (χ3v) is 11.7. The molecule has 12 nitrogen and oxygen atoms in total. The van der Waals surface area contributed by atoms with Crippen LogP contribution >= 0.6 is 0 Å². The zero-order chi connectivity index (χ0) is 45.4. The van der Waals surface area contributed by atoms with Gasteiger partial charge in [0.2, 0.25) is 0 Å². The van der Waals surface area contributed by atoms with Crippen LogP contribution < -0.4 is 0 Å². The summed E-state index contributed by atoms with van der Waals surface area (Å²) in [5, 5.41) is 12.3. The summed E-state index contributed by atoms with van der Waals surface area (Å²) in [6.07, 6.45) is -3.94. The number of carbonyl (C=O) groups excluding carboxylic acids is 1. The lowest BCUT2D eigenvalue weighted by atomic mass is 9.94. The number of ether oxygens (including phenoxy) is 10. The molecule has 4 aromatic rings. The van der Waals surface area contributed by atoms with E-state index >= 15 is 0 Å². The highest BCUT2D eigenvalue weighted by molar-refractivity contribution is 5.75. The monoisotopic (exact) mass is 894 g/mol. The Morgan fingerprint density at radius 3 is 1.88 bits per heavy atom. The molecule has 12 heteroatoms. The molecule has 0 saturated carbocycles. The van der Waals surface area contributed by atoms with Crippen LogP contribution in [-0.4, -0.2) is 92.3 Å². The van der Waals surface area contributed by atoms with Crippen LogP contribution in [0, 0.1) is 5.41 Å². The van der Waals surface area contributed by atoms with Crippen molar-refractivity contribution in [2.75, 3.05) is 19.8 Å². The zero-order valence-corrected chi connectivity index (χ0v) is 37.9. The number of unbranched alkanes of at least 4 members (excludes halogenated alkanes) is 4. The molecule has 0 spiro atoms. The summed E-state index contributed by atoms with van der Waals surface area (Å²) >= 11 is 0. The van der Waals surface area contributed by atoms with Crippen molar-refractivity contribution < 1.29 is 57.3 Å². The molecule has 3 saturated heterocycles. The molecule has 3 aliphatic heterocycles. The van der Waals surface area contributed by atoms with Crippen molar-refractivity contribution in [3.05, 3.63) is 156 Å². The van der Waals surface area contributed by atoms with Gasteiger partial charge in [0.15, 0.2) is 25.0 Å². The van der Waals surface area contributed by atoms with E-state index in [1.165, 1.54) is 0 Å². The Morgan fingerprint density at radius 2 is 1.26 bits per heavy atom. The predicted molar refractivity (Wildman–Crippen MR) is 243 cm³/mol. The van der Waals surface area contributed by atoms with Crippen LogP contribution in [0.25, 0.3) is 0 Å². The number of hydrogen-bond donors (Lipinski definition) is 1. The Kier molecular flexibility index (Phi) is 18.3. The van der Waals surface area contributed by atoms with Gasteiger partial charge in [0, 0.05) is 12.2 Å². The van der Waals surface area contributed by atoms with Gasteiger partial charge in [-0.3, -0.25) is 4.79 Å². The second kappa shape index (κ2) is 24.5. The first-order valence-corrected chi connectivity index (χ1v) is 23.0. The molecule has 0 aromatic heterocycles. The molecule has 0 aliphatic carbocycles. The highest BCUT2D eigenvalue weighted by atomic mass is 16.8. The molecular formula is C53H66O12. The minimum absolute atomic E-state index is 0.0693. The quantitative estimate of drug-likeness (QED) is 0.0460. The molecule has 3 fully saturated rings. The maximum absolute atomic E-state index is 13.6. The minimum atomic E-state index is -1.50. The van der Waals surface area contributed by atoms with Crippen LogP contribution in [0.2, 0.25) is 0 Å². The fourth-order valence-electron chi connectivity index (χ4n) is 8.07. The van der Waals surface area contributed by atoms with Crippen molar-refractivity contribution in [3.63, 3.8) is 0 Å². The van der Waals surface area contributed by atoms with Crippen molar-refractivity contribution in [3.8, 4) is 0 Å². The Labute approximate surface area is 384 Å². The van der Waals surface area contributed by atoms with Gasteiger partial charge in [0.25, 0.3) is 0 Å². The number of esters is 1. The standard InChI is InChI=1S/C53H66O12/c1-5-6-7-8-9-22-31-57-51-48(59-34-39-27-18-12-19-28-39)47(58-33-38-25-16-11-17-26-38)45(41(62-51)35-56-32-37-23-14-10-15-24-37)64-50-43(54)46(65-52(55)53(2,3)4)44-42(61-50)36-60-49(63-44)40-29-20-13-21-30-40/h5,10-21,23-30,41-51,54H,1,6-9,22,31-36H2,2-4H3/t41-,42-,43-,44+,45-,46-,47+,48-,49?,50+,51-/m1/s1. The van der Waals surface area contributed by atoms with Crippen LogP contribution in [0.5, 0.6) is 0 Å². The van der Waals surface area contributed by atoms with Crippen LogP contribution in [-0.2, 0) is 72.0 Å². The number of carbonyl (C=O) groups is 1. The average molecular weight is 895 g/mol. The maximum atomic E-state index is 13.6. The smallest absolute Gasteiger partial charge is 0.311 e. The first-order chi connectivity index (χ1) is 31.7. The van der Waals surface area contributed by atoms with E-state index in [2.05, 4.69) is 6.58 Å². The van der Waals surface area contributed by atoms with E-state index in [4.69, 9.17) is 47.4 Å². The largest absolute Gasteiger partial charge is 0.456 e. The van der Waals surface area contributed by atoms with Gasteiger partial charge >= 0.3 is 5.97 Å². The molecule has 4 aromatic carbocycles. The number of aliphatic hydroxyl groups is 1. The second-order valence-corrected chi connectivity index (χ2v) is 17.9. The molecular weight excluding hydrogens is 829 g/mol. The zero-order valence-electron chi connectivity index (χ0n) is 37.9. The lowest BCUT2D eigenvalue weighted by molar-refractivity contribution is -0.390. The van der Waals surface area contributed by atoms with Crippen LogP contribution in [0.15, 0.2) is 134 Å². The predicted octanol–water partition coefficient (Wildman–Crippen LogP) is 8.80. The number of hydrogen-bond acceptors (Lipinski definition) is 12. The summed E-state index contributed by atoms with van der Waals surface area (Å²) < 4.78 is 66.0. The summed E-state index contributed by atoms with van der Waals surface area (Å²) in [5.41, 5.74) is 2.77. The maximum Gasteiger partial charge on any atom is 0.311 e. The van der Waals surface area contributed by atoms with E-state index in [-0.39, 0.29) is 26.4 Å². The Hall–Kier alpha value is -4.31. The normalized spacial score (nSPS) is 28.0. The number of allylic oxidation sites excluding steroid dienone is 1. The van der Waals surface area contributed by atoms with E-state index in [0.29, 0.717) is 13.2 Å². The van der Waals surface area contributed by atoms with Crippen molar-refractivity contribution >= 4 is 5.97 Å². The molecule has 7 rings (SSSR count). The number of fused-ring (bicyclic) bond motifs is 1. The van der Waals surface area contributed by atoms with E-state index in [0.717, 1.165) is 54.4 Å². The number of rotatable bonds is 22. The summed E-state index contributed by atoms with van der Waals surface area (Å²) in [4.78, 5) is 13.6. The van der Waals surface area contributed by atoms with Gasteiger partial charge in [0.05, 0.1) is 38.4 Å². The van der Waals surface area contributed by atoms with Crippen LogP contribution in [0.1, 0.15) is 81.4 Å². The van der Waals surface area contributed by atoms with E-state index in [9.17, 15) is 9.90 Å². The summed E-state index contributed by atoms with van der Waals surface area (Å²) in [6, 6.07) is 39.1. The van der Waals surface area contributed by atoms with Crippen LogP contribution in [0.3, 0.4) is 0 Å². The molecule has 11 atom stereocenters. The van der Waals surface area contributed by atoms with Crippen molar-refractivity contribution in [1.29, 1.82) is 0 Å². The van der Waals surface area contributed by atoms with Crippen molar-refractivity contribution in [2.45, 2.75) is 140 Å². The lowest BCUT2D eigenvalue weighted by Crippen LogP contribution is -2.67. The summed E-state index contributed by atoms with van der Waals surface area (Å²) in [7, 11) is 0. The molecule has 3 aliphatic rings. The second-order valence-electron chi connectivity index (χ2n) is 17.9. The Bertz CT molecular complexity index is 1980. The molecule has 3 heterocycles. The van der Waals surface area contributed by atoms with Crippen molar-refractivity contribution in [1.82, 2.24) is 0 Å². The summed E-state index contributed by atoms with van der Waals surface area (Å²) in [6.45, 7) is 10.4. The molecule has 1 N–H and O–H groups in total. The Balaban J connectivity index is 1.21. The van der Waals surface area contributed by atoms with E-state index < -0.39 is 79.1 Å². The number of benzene rings is 4. The van der Waals surface area contributed by atoms with Gasteiger partial charge < -0.3 is 52.5 Å². The van der Waals surface area contributed by atoms with Gasteiger partial charge in [-0.05, 0) is 56.7 Å². The topological polar surface area (TPSA) is 130 Å². The molecule has 1 unspecified atom stereocenters.